The molecule has 0 saturated heterocycles. The lowest BCUT2D eigenvalue weighted by Gasteiger charge is -2.34. The van der Waals surface area contributed by atoms with Crippen molar-refractivity contribution in [3.05, 3.63) is 233 Å². The third-order valence-electron chi connectivity index (χ3n) is 11.6. The van der Waals surface area contributed by atoms with E-state index in [2.05, 4.69) is 171 Å². The van der Waals surface area contributed by atoms with Crippen molar-refractivity contribution in [2.75, 3.05) is 0 Å². The molecule has 10 rings (SSSR count). The molecule has 0 fully saturated rings. The topological polar surface area (TPSA) is 51.6 Å². The Kier molecular flexibility index (Phi) is 8.60. The second kappa shape index (κ2) is 14.2. The van der Waals surface area contributed by atoms with Crippen LogP contribution in [0.25, 0.3) is 50.6 Å². The van der Waals surface area contributed by atoms with E-state index in [9.17, 15) is 0 Å². The molecule has 2 heterocycles. The van der Waals surface area contributed by atoms with Crippen molar-refractivity contribution in [1.82, 2.24) is 19.9 Å². The summed E-state index contributed by atoms with van der Waals surface area (Å²) in [6.45, 7) is 4.08. The predicted octanol–water partition coefficient (Wildman–Crippen LogP) is 12.4. The van der Waals surface area contributed by atoms with Gasteiger partial charge in [0.25, 0.3) is 0 Å². The van der Waals surface area contributed by atoms with Crippen molar-refractivity contribution in [3.63, 3.8) is 0 Å². The van der Waals surface area contributed by atoms with Crippen LogP contribution in [0.5, 0.6) is 0 Å². The summed E-state index contributed by atoms with van der Waals surface area (Å²) in [5, 5.41) is 0. The Morgan fingerprint density at radius 1 is 0.474 bits per heavy atom. The molecule has 57 heavy (non-hydrogen) atoms. The van der Waals surface area contributed by atoms with Gasteiger partial charge in [-0.15, -0.1) is 0 Å². The molecule has 0 saturated carbocycles. The second-order valence-electron chi connectivity index (χ2n) is 15.0. The van der Waals surface area contributed by atoms with E-state index >= 15 is 0 Å². The van der Waals surface area contributed by atoms with Gasteiger partial charge in [-0.2, -0.15) is 0 Å². The molecule has 0 radical (unpaired) electrons. The number of aromatic nitrogens is 4. The van der Waals surface area contributed by atoms with Crippen molar-refractivity contribution >= 4 is 5.57 Å². The zero-order valence-corrected chi connectivity index (χ0v) is 32.0. The van der Waals surface area contributed by atoms with Gasteiger partial charge in [-0.1, -0.05) is 182 Å². The molecule has 2 aliphatic carbocycles. The number of hydrogen-bond acceptors (Lipinski definition) is 4. The van der Waals surface area contributed by atoms with Gasteiger partial charge in [0.15, 0.2) is 17.5 Å². The van der Waals surface area contributed by atoms with Crippen LogP contribution >= 0.6 is 0 Å². The summed E-state index contributed by atoms with van der Waals surface area (Å²) in [6, 6.07) is 60.8. The Labute approximate surface area is 334 Å². The molecule has 0 amide bonds. The quantitative estimate of drug-likeness (QED) is 0.164. The number of nitrogens with zero attached hydrogens (tertiary/aromatic N) is 4. The van der Waals surface area contributed by atoms with Crippen LogP contribution in [0, 0.1) is 13.8 Å². The van der Waals surface area contributed by atoms with Crippen molar-refractivity contribution in [3.8, 4) is 45.0 Å². The fourth-order valence-corrected chi connectivity index (χ4v) is 8.95. The van der Waals surface area contributed by atoms with Crippen LogP contribution in [0.4, 0.5) is 0 Å². The van der Waals surface area contributed by atoms with Gasteiger partial charge >= 0.3 is 0 Å². The highest BCUT2D eigenvalue weighted by Crippen LogP contribution is 2.56. The Balaban J connectivity index is 1.05. The molecule has 2 aromatic heterocycles. The number of allylic oxidation sites excluding steroid dienone is 4. The van der Waals surface area contributed by atoms with Crippen LogP contribution in [0.15, 0.2) is 188 Å². The number of fused-ring (bicyclic) bond motifs is 3. The maximum absolute atomic E-state index is 5.18. The molecule has 0 N–H and O–H groups in total. The van der Waals surface area contributed by atoms with E-state index in [1.807, 2.05) is 31.2 Å². The Morgan fingerprint density at radius 3 is 1.74 bits per heavy atom. The molecule has 0 spiro atoms. The Morgan fingerprint density at radius 2 is 1.05 bits per heavy atom. The Hall–Kier alpha value is -7.04. The number of pyridine rings is 1. The van der Waals surface area contributed by atoms with Gasteiger partial charge in [0.05, 0.1) is 5.41 Å². The van der Waals surface area contributed by atoms with Crippen molar-refractivity contribution in [2.45, 2.75) is 31.6 Å². The number of benzene rings is 6. The minimum Gasteiger partial charge on any atom is -0.258 e. The van der Waals surface area contributed by atoms with E-state index in [-0.39, 0.29) is 5.92 Å². The van der Waals surface area contributed by atoms with E-state index in [4.69, 9.17) is 19.9 Å². The minimum atomic E-state index is -0.428. The van der Waals surface area contributed by atoms with E-state index < -0.39 is 5.41 Å². The number of aryl methyl sites for hydroxylation is 2. The lowest BCUT2D eigenvalue weighted by Crippen LogP contribution is -2.28. The van der Waals surface area contributed by atoms with Gasteiger partial charge in [0.2, 0.25) is 0 Å². The molecule has 2 aliphatic rings. The normalized spacial score (nSPS) is 15.1. The predicted molar refractivity (Wildman–Crippen MR) is 232 cm³/mol. The first-order chi connectivity index (χ1) is 28.1. The number of rotatable bonds is 7. The summed E-state index contributed by atoms with van der Waals surface area (Å²) in [4.78, 5) is 20.1. The SMILES string of the molecule is Cc1ccc(-c2ccccc2-c2nc(C3=CCC(c4ccc5c(c4)C(c4ccccc4)(c4ccccc4)c4ccccc4-5)C=C3)nc(-c3ccccc3)n2)c(C)n1. The van der Waals surface area contributed by atoms with Gasteiger partial charge in [-0.3, -0.25) is 4.98 Å². The molecule has 1 unspecified atom stereocenters. The smallest absolute Gasteiger partial charge is 0.164 e. The first-order valence-electron chi connectivity index (χ1n) is 19.7. The van der Waals surface area contributed by atoms with Gasteiger partial charge < -0.3 is 0 Å². The van der Waals surface area contributed by atoms with Crippen LogP contribution < -0.4 is 0 Å². The zero-order valence-electron chi connectivity index (χ0n) is 32.0. The zero-order chi connectivity index (χ0) is 38.3. The fourth-order valence-electron chi connectivity index (χ4n) is 8.95. The molecular weight excluding hydrogens is 693 g/mol. The largest absolute Gasteiger partial charge is 0.258 e. The maximum Gasteiger partial charge on any atom is 0.164 e. The summed E-state index contributed by atoms with van der Waals surface area (Å²) in [6.07, 6.45) is 7.65. The summed E-state index contributed by atoms with van der Waals surface area (Å²) < 4.78 is 0. The van der Waals surface area contributed by atoms with Gasteiger partial charge in [-0.05, 0) is 70.8 Å². The van der Waals surface area contributed by atoms with Crippen molar-refractivity contribution < 1.29 is 0 Å². The van der Waals surface area contributed by atoms with E-state index in [1.54, 1.807) is 0 Å². The maximum atomic E-state index is 5.18. The van der Waals surface area contributed by atoms with Crippen LogP contribution in [0.2, 0.25) is 0 Å². The fraction of sp³-hybridized carbons (Fsp3) is 0.0943. The third-order valence-corrected chi connectivity index (χ3v) is 11.6. The molecule has 4 heteroatoms. The van der Waals surface area contributed by atoms with E-state index in [0.717, 1.165) is 45.6 Å². The monoisotopic (exact) mass is 732 g/mol. The first-order valence-corrected chi connectivity index (χ1v) is 19.7. The van der Waals surface area contributed by atoms with E-state index in [1.165, 1.54) is 38.9 Å². The standard InChI is InChI=1S/C53H40N4/c1-35-26-32-43(36(2)54-35)44-22-12-13-24-47(44)52-56-50(38-16-6-3-7-17-38)55-51(57-52)39-29-27-37(28-30-39)40-31-33-46-45-23-14-15-25-48(45)53(49(46)34-40,41-18-8-4-9-19-41)42-20-10-5-11-21-42/h3-27,29-34,37H,28H2,1-2H3. The molecule has 0 aliphatic heterocycles. The van der Waals surface area contributed by atoms with Crippen LogP contribution in [-0.2, 0) is 5.41 Å². The lowest BCUT2D eigenvalue weighted by atomic mass is 9.67. The second-order valence-corrected chi connectivity index (χ2v) is 15.0. The third kappa shape index (κ3) is 5.93. The lowest BCUT2D eigenvalue weighted by molar-refractivity contribution is 0.761. The average molecular weight is 733 g/mol. The molecule has 1 atom stereocenters. The van der Waals surface area contributed by atoms with Crippen molar-refractivity contribution in [1.29, 1.82) is 0 Å². The van der Waals surface area contributed by atoms with Crippen LogP contribution in [0.1, 0.15) is 57.4 Å². The summed E-state index contributed by atoms with van der Waals surface area (Å²) in [5.41, 5.74) is 15.6. The van der Waals surface area contributed by atoms with Gasteiger partial charge in [0.1, 0.15) is 0 Å². The molecule has 0 bridgehead atoms. The molecule has 272 valence electrons. The average Bonchev–Trinajstić information content (AvgIpc) is 3.58. The number of hydrogen-bond donors (Lipinski definition) is 0. The van der Waals surface area contributed by atoms with Crippen LogP contribution in [0.3, 0.4) is 0 Å². The summed E-state index contributed by atoms with van der Waals surface area (Å²) in [5.74, 6) is 2.15. The Bertz CT molecular complexity index is 2800. The highest BCUT2D eigenvalue weighted by molar-refractivity contribution is 5.87. The summed E-state index contributed by atoms with van der Waals surface area (Å²) >= 11 is 0. The minimum absolute atomic E-state index is 0.194. The molecule has 4 nitrogen and oxygen atoms in total. The highest BCUT2D eigenvalue weighted by Gasteiger charge is 2.46. The van der Waals surface area contributed by atoms with Crippen LogP contribution in [-0.4, -0.2) is 19.9 Å². The first kappa shape index (κ1) is 34.5. The highest BCUT2D eigenvalue weighted by atomic mass is 15.0. The molecule has 8 aromatic rings. The van der Waals surface area contributed by atoms with Crippen molar-refractivity contribution in [2.24, 2.45) is 0 Å². The van der Waals surface area contributed by atoms with Gasteiger partial charge in [-0.25, -0.2) is 15.0 Å². The summed E-state index contributed by atoms with van der Waals surface area (Å²) in [7, 11) is 0. The molecular formula is C53H40N4. The van der Waals surface area contributed by atoms with Gasteiger partial charge in [0, 0.05) is 39.6 Å². The molecule has 6 aromatic carbocycles. The van der Waals surface area contributed by atoms with E-state index in [0.29, 0.717) is 17.5 Å².